The summed E-state index contributed by atoms with van der Waals surface area (Å²) in [5, 5.41) is 14.1. The quantitative estimate of drug-likeness (QED) is 0.622. The summed E-state index contributed by atoms with van der Waals surface area (Å²) in [6.07, 6.45) is 1.50. The van der Waals surface area contributed by atoms with Crippen molar-refractivity contribution in [1.82, 2.24) is 4.72 Å². The summed E-state index contributed by atoms with van der Waals surface area (Å²) in [6.45, 7) is 1.78. The average molecular weight is 325 g/mol. The standard InChI is InChI=1S/C13H15N3O5S/c1-9(13-4-3-7-21-13)15-11-6-5-10(22(19,20)14-2)8-12(11)16(17)18/h3-9,14-15H,1-2H3/t9-/m1/s1. The van der Waals surface area contributed by atoms with Crippen LogP contribution in [0.25, 0.3) is 0 Å². The Morgan fingerprint density at radius 2 is 2.05 bits per heavy atom. The van der Waals surface area contributed by atoms with Crippen molar-refractivity contribution in [3.8, 4) is 0 Å². The van der Waals surface area contributed by atoms with Crippen LogP contribution in [0, 0.1) is 10.1 Å². The van der Waals surface area contributed by atoms with Gasteiger partial charge in [0.15, 0.2) is 0 Å². The number of nitro benzene ring substituents is 1. The van der Waals surface area contributed by atoms with E-state index in [1.165, 1.54) is 25.4 Å². The van der Waals surface area contributed by atoms with Gasteiger partial charge < -0.3 is 9.73 Å². The van der Waals surface area contributed by atoms with Crippen LogP contribution in [0.15, 0.2) is 45.9 Å². The number of hydrogen-bond donors (Lipinski definition) is 2. The molecule has 0 unspecified atom stereocenters. The first kappa shape index (κ1) is 16.0. The van der Waals surface area contributed by atoms with Gasteiger partial charge in [-0.2, -0.15) is 0 Å². The first-order valence-corrected chi connectivity index (χ1v) is 7.85. The molecule has 0 saturated carbocycles. The molecule has 0 aliphatic carbocycles. The topological polar surface area (TPSA) is 114 Å². The number of nitrogens with one attached hydrogen (secondary N) is 2. The minimum atomic E-state index is -3.74. The van der Waals surface area contributed by atoms with E-state index in [1.807, 2.05) is 0 Å². The molecule has 0 spiro atoms. The molecule has 8 nitrogen and oxygen atoms in total. The predicted octanol–water partition coefficient (Wildman–Crippen LogP) is 2.27. The van der Waals surface area contributed by atoms with Crippen LogP contribution in [0.1, 0.15) is 18.7 Å². The Morgan fingerprint density at radius 1 is 1.32 bits per heavy atom. The van der Waals surface area contributed by atoms with E-state index in [0.717, 1.165) is 6.07 Å². The molecule has 0 aliphatic heterocycles. The van der Waals surface area contributed by atoms with Crippen molar-refractivity contribution in [3.63, 3.8) is 0 Å². The maximum Gasteiger partial charge on any atom is 0.293 e. The Bertz CT molecular complexity index is 771. The van der Waals surface area contributed by atoms with Gasteiger partial charge in [0.05, 0.1) is 22.1 Å². The van der Waals surface area contributed by atoms with E-state index in [2.05, 4.69) is 10.0 Å². The number of sulfonamides is 1. The molecule has 2 aromatic rings. The number of rotatable bonds is 6. The Hall–Kier alpha value is -2.39. The number of hydrogen-bond acceptors (Lipinski definition) is 6. The molecule has 1 aromatic heterocycles. The van der Waals surface area contributed by atoms with E-state index in [-0.39, 0.29) is 22.3 Å². The molecule has 1 aromatic carbocycles. The fraction of sp³-hybridized carbons (Fsp3) is 0.231. The van der Waals surface area contributed by atoms with E-state index >= 15 is 0 Å². The van der Waals surface area contributed by atoms with E-state index in [9.17, 15) is 18.5 Å². The van der Waals surface area contributed by atoms with E-state index in [0.29, 0.717) is 5.76 Å². The highest BCUT2D eigenvalue weighted by Gasteiger charge is 2.22. The maximum absolute atomic E-state index is 11.7. The largest absolute Gasteiger partial charge is 0.467 e. The third-order valence-electron chi connectivity index (χ3n) is 3.09. The summed E-state index contributed by atoms with van der Waals surface area (Å²) >= 11 is 0. The number of nitrogens with zero attached hydrogens (tertiary/aromatic N) is 1. The lowest BCUT2D eigenvalue weighted by Crippen LogP contribution is -2.19. The molecule has 118 valence electrons. The fourth-order valence-corrected chi connectivity index (χ4v) is 2.66. The van der Waals surface area contributed by atoms with Crippen molar-refractivity contribution >= 4 is 21.4 Å². The third kappa shape index (κ3) is 3.26. The van der Waals surface area contributed by atoms with Crippen LogP contribution in [0.4, 0.5) is 11.4 Å². The lowest BCUT2D eigenvalue weighted by molar-refractivity contribution is -0.384. The molecule has 0 radical (unpaired) electrons. The normalized spacial score (nSPS) is 12.8. The summed E-state index contributed by atoms with van der Waals surface area (Å²) in [6, 6.07) is 6.83. The van der Waals surface area contributed by atoms with Crippen molar-refractivity contribution < 1.29 is 17.8 Å². The molecule has 22 heavy (non-hydrogen) atoms. The van der Waals surface area contributed by atoms with Crippen molar-refractivity contribution in [2.24, 2.45) is 0 Å². The lowest BCUT2D eigenvalue weighted by Gasteiger charge is -2.13. The van der Waals surface area contributed by atoms with Gasteiger partial charge >= 0.3 is 0 Å². The van der Waals surface area contributed by atoms with Crippen molar-refractivity contribution in [3.05, 3.63) is 52.5 Å². The zero-order valence-electron chi connectivity index (χ0n) is 11.9. The molecule has 0 amide bonds. The highest BCUT2D eigenvalue weighted by molar-refractivity contribution is 7.89. The summed E-state index contributed by atoms with van der Waals surface area (Å²) < 4.78 is 30.8. The Morgan fingerprint density at radius 3 is 2.59 bits per heavy atom. The molecule has 1 atom stereocenters. The average Bonchev–Trinajstić information content (AvgIpc) is 3.01. The molecule has 2 rings (SSSR count). The summed E-state index contributed by atoms with van der Waals surface area (Å²) in [4.78, 5) is 10.4. The first-order valence-electron chi connectivity index (χ1n) is 6.37. The molecule has 0 saturated heterocycles. The SMILES string of the molecule is CNS(=O)(=O)c1ccc(N[C@H](C)c2ccco2)c([N+](=O)[O-])c1. The number of nitro groups is 1. The lowest BCUT2D eigenvalue weighted by atomic mass is 10.2. The van der Waals surface area contributed by atoms with Gasteiger partial charge in [0, 0.05) is 6.07 Å². The van der Waals surface area contributed by atoms with Gasteiger partial charge in [-0.3, -0.25) is 10.1 Å². The molecule has 2 N–H and O–H groups in total. The van der Waals surface area contributed by atoms with E-state index < -0.39 is 14.9 Å². The van der Waals surface area contributed by atoms with Crippen LogP contribution in [0.5, 0.6) is 0 Å². The fourth-order valence-electron chi connectivity index (χ4n) is 1.91. The highest BCUT2D eigenvalue weighted by Crippen LogP contribution is 2.30. The van der Waals surface area contributed by atoms with E-state index in [4.69, 9.17) is 4.42 Å². The van der Waals surface area contributed by atoms with Gasteiger partial charge in [0.25, 0.3) is 5.69 Å². The van der Waals surface area contributed by atoms with Gasteiger partial charge in [0.1, 0.15) is 11.4 Å². The molecule has 0 bridgehead atoms. The predicted molar refractivity (Wildman–Crippen MR) is 80.1 cm³/mol. The van der Waals surface area contributed by atoms with Crippen LogP contribution in [0.3, 0.4) is 0 Å². The van der Waals surface area contributed by atoms with Crippen LogP contribution >= 0.6 is 0 Å². The summed E-state index contributed by atoms with van der Waals surface area (Å²) in [5.41, 5.74) is -0.112. The molecular weight excluding hydrogens is 310 g/mol. The first-order chi connectivity index (χ1) is 10.3. The maximum atomic E-state index is 11.7. The molecule has 0 aliphatic rings. The number of furan rings is 1. The summed E-state index contributed by atoms with van der Waals surface area (Å²) in [5.74, 6) is 0.612. The number of benzene rings is 1. The summed E-state index contributed by atoms with van der Waals surface area (Å²) in [7, 11) is -2.50. The van der Waals surface area contributed by atoms with Crippen LogP contribution in [0.2, 0.25) is 0 Å². The zero-order valence-corrected chi connectivity index (χ0v) is 12.8. The van der Waals surface area contributed by atoms with Crippen molar-refractivity contribution in [1.29, 1.82) is 0 Å². The van der Waals surface area contributed by atoms with Gasteiger partial charge in [-0.05, 0) is 38.2 Å². The Balaban J connectivity index is 2.38. The highest BCUT2D eigenvalue weighted by atomic mass is 32.2. The Kier molecular flexibility index (Phi) is 4.48. The second kappa shape index (κ2) is 6.16. The van der Waals surface area contributed by atoms with Gasteiger partial charge in [-0.15, -0.1) is 0 Å². The number of anilines is 1. The minimum absolute atomic E-state index is 0.169. The molecular formula is C13H15N3O5S. The second-order valence-corrected chi connectivity index (χ2v) is 6.41. The van der Waals surface area contributed by atoms with Gasteiger partial charge in [0.2, 0.25) is 10.0 Å². The van der Waals surface area contributed by atoms with E-state index in [1.54, 1.807) is 19.1 Å². The van der Waals surface area contributed by atoms with Gasteiger partial charge in [-0.1, -0.05) is 0 Å². The van der Waals surface area contributed by atoms with Crippen LogP contribution in [-0.4, -0.2) is 20.4 Å². The van der Waals surface area contributed by atoms with Crippen LogP contribution < -0.4 is 10.0 Å². The molecule has 0 fully saturated rings. The van der Waals surface area contributed by atoms with Crippen LogP contribution in [-0.2, 0) is 10.0 Å². The monoisotopic (exact) mass is 325 g/mol. The second-order valence-electron chi connectivity index (χ2n) is 4.53. The van der Waals surface area contributed by atoms with Crippen molar-refractivity contribution in [2.75, 3.05) is 12.4 Å². The van der Waals surface area contributed by atoms with Gasteiger partial charge in [-0.25, -0.2) is 13.1 Å². The third-order valence-corrected chi connectivity index (χ3v) is 4.50. The molecule has 9 heteroatoms. The smallest absolute Gasteiger partial charge is 0.293 e. The Labute approximate surface area is 127 Å². The molecule has 1 heterocycles. The zero-order chi connectivity index (χ0) is 16.3. The van der Waals surface area contributed by atoms with Crippen molar-refractivity contribution in [2.45, 2.75) is 17.9 Å². The minimum Gasteiger partial charge on any atom is -0.467 e.